The van der Waals surface area contributed by atoms with Crippen LogP contribution in [-0.4, -0.2) is 23.0 Å². The summed E-state index contributed by atoms with van der Waals surface area (Å²) in [4.78, 5) is 16.7. The zero-order valence-electron chi connectivity index (χ0n) is 13.6. The molecular formula is C17H22Cl3N3OS. The highest BCUT2D eigenvalue weighted by Crippen LogP contribution is 2.30. The number of benzene rings is 1. The predicted molar refractivity (Wildman–Crippen MR) is 109 cm³/mol. The van der Waals surface area contributed by atoms with E-state index in [-0.39, 0.29) is 36.8 Å². The second kappa shape index (κ2) is 10.3. The molecule has 25 heavy (non-hydrogen) atoms. The maximum atomic E-state index is 12.2. The summed E-state index contributed by atoms with van der Waals surface area (Å²) in [6, 6.07) is 8.16. The summed E-state index contributed by atoms with van der Waals surface area (Å²) in [5.74, 6) is 0.0291. The molecule has 0 unspecified atom stereocenters. The van der Waals surface area contributed by atoms with E-state index in [2.05, 4.69) is 10.3 Å². The van der Waals surface area contributed by atoms with Crippen molar-refractivity contribution >= 4 is 53.7 Å². The number of carbonyl (C=O) groups excluding carboxylic acids is 1. The van der Waals surface area contributed by atoms with Gasteiger partial charge in [0, 0.05) is 23.0 Å². The zero-order valence-corrected chi connectivity index (χ0v) is 16.8. The van der Waals surface area contributed by atoms with Gasteiger partial charge in [0.1, 0.15) is 5.01 Å². The van der Waals surface area contributed by atoms with Gasteiger partial charge >= 0.3 is 0 Å². The molecule has 0 bridgehead atoms. The van der Waals surface area contributed by atoms with Crippen LogP contribution in [0, 0.1) is 0 Å². The van der Waals surface area contributed by atoms with Crippen LogP contribution < -0.4 is 11.1 Å². The van der Waals surface area contributed by atoms with Crippen LogP contribution in [0.15, 0.2) is 29.6 Å². The molecule has 1 aromatic carbocycles. The molecule has 4 nitrogen and oxygen atoms in total. The van der Waals surface area contributed by atoms with Crippen molar-refractivity contribution in [1.29, 1.82) is 0 Å². The first-order chi connectivity index (χ1) is 11.1. The minimum atomic E-state index is 0. The van der Waals surface area contributed by atoms with E-state index < -0.39 is 0 Å². The maximum absolute atomic E-state index is 12.2. The summed E-state index contributed by atoms with van der Waals surface area (Å²) in [6.45, 7) is 0. The number of halogens is 3. The first-order valence-corrected chi connectivity index (χ1v) is 9.12. The topological polar surface area (TPSA) is 68.0 Å². The molecule has 1 heterocycles. The van der Waals surface area contributed by atoms with Crippen molar-refractivity contribution in [3.8, 4) is 10.6 Å². The Balaban J connectivity index is 0.00000156. The van der Waals surface area contributed by atoms with Gasteiger partial charge in [0.25, 0.3) is 0 Å². The van der Waals surface area contributed by atoms with E-state index in [1.54, 1.807) is 0 Å². The van der Waals surface area contributed by atoms with Gasteiger partial charge in [-0.1, -0.05) is 29.8 Å². The minimum Gasteiger partial charge on any atom is -0.353 e. The van der Waals surface area contributed by atoms with Crippen molar-refractivity contribution in [2.45, 2.75) is 44.2 Å². The Hall–Kier alpha value is -0.850. The number of nitrogens with zero attached hydrogens (tertiary/aromatic N) is 1. The number of thiazole rings is 1. The van der Waals surface area contributed by atoms with Crippen molar-refractivity contribution < 1.29 is 4.79 Å². The number of amides is 1. The lowest BCUT2D eigenvalue weighted by atomic mass is 9.92. The van der Waals surface area contributed by atoms with Crippen molar-refractivity contribution in [3.63, 3.8) is 0 Å². The van der Waals surface area contributed by atoms with Crippen LogP contribution in [0.1, 0.15) is 31.4 Å². The molecule has 1 saturated carbocycles. The lowest BCUT2D eigenvalue weighted by Crippen LogP contribution is -2.41. The number of rotatable bonds is 4. The van der Waals surface area contributed by atoms with Crippen LogP contribution in [0.5, 0.6) is 0 Å². The maximum Gasteiger partial charge on any atom is 0.226 e. The summed E-state index contributed by atoms with van der Waals surface area (Å²) in [6.07, 6.45) is 4.21. The summed E-state index contributed by atoms with van der Waals surface area (Å²) < 4.78 is 0. The average Bonchev–Trinajstić information content (AvgIpc) is 2.98. The largest absolute Gasteiger partial charge is 0.353 e. The van der Waals surface area contributed by atoms with Crippen molar-refractivity contribution in [3.05, 3.63) is 40.4 Å². The van der Waals surface area contributed by atoms with Gasteiger partial charge in [-0.15, -0.1) is 36.2 Å². The van der Waals surface area contributed by atoms with E-state index in [0.29, 0.717) is 17.5 Å². The number of nitrogens with two attached hydrogens (primary N) is 1. The summed E-state index contributed by atoms with van der Waals surface area (Å²) in [7, 11) is 0. The van der Waals surface area contributed by atoms with Gasteiger partial charge in [-0.05, 0) is 31.7 Å². The third-order valence-corrected chi connectivity index (χ3v) is 5.39. The SMILES string of the molecule is Cl.Cl.NC1CCC(NC(=O)Cc2csc(-c3ccccc3Cl)n2)CC1. The Kier molecular flexibility index (Phi) is 9.17. The van der Waals surface area contributed by atoms with Gasteiger partial charge in [-0.2, -0.15) is 0 Å². The number of carbonyl (C=O) groups is 1. The highest BCUT2D eigenvalue weighted by Gasteiger charge is 2.20. The number of hydrogen-bond acceptors (Lipinski definition) is 4. The Morgan fingerprint density at radius 2 is 1.92 bits per heavy atom. The second-order valence-electron chi connectivity index (χ2n) is 5.98. The standard InChI is InChI=1S/C17H20ClN3OS.2ClH/c18-15-4-2-1-3-14(15)17-21-13(10-23-17)9-16(22)20-12-7-5-11(19)6-8-12;;/h1-4,10-12H,5-9,19H2,(H,20,22);2*1H. The molecule has 8 heteroatoms. The quantitative estimate of drug-likeness (QED) is 0.774. The average molecular weight is 423 g/mol. The first kappa shape index (κ1) is 22.2. The summed E-state index contributed by atoms with van der Waals surface area (Å²) in [5.41, 5.74) is 7.59. The van der Waals surface area contributed by atoms with Gasteiger partial charge in [0.2, 0.25) is 5.91 Å². The van der Waals surface area contributed by atoms with Crippen LogP contribution in [0.4, 0.5) is 0 Å². The Morgan fingerprint density at radius 1 is 1.24 bits per heavy atom. The molecule has 3 N–H and O–H groups in total. The van der Waals surface area contributed by atoms with Gasteiger partial charge in [-0.3, -0.25) is 4.79 Å². The Labute approximate surface area is 169 Å². The van der Waals surface area contributed by atoms with Crippen LogP contribution in [-0.2, 0) is 11.2 Å². The normalized spacial score (nSPS) is 19.4. The number of hydrogen-bond donors (Lipinski definition) is 2. The molecule has 3 rings (SSSR count). The smallest absolute Gasteiger partial charge is 0.226 e. The molecular weight excluding hydrogens is 401 g/mol. The van der Waals surface area contributed by atoms with E-state index in [1.165, 1.54) is 11.3 Å². The van der Waals surface area contributed by atoms with Crippen molar-refractivity contribution in [2.75, 3.05) is 0 Å². The van der Waals surface area contributed by atoms with Crippen LogP contribution in [0.25, 0.3) is 10.6 Å². The number of aromatic nitrogens is 1. The van der Waals surface area contributed by atoms with E-state index in [1.807, 2.05) is 29.6 Å². The second-order valence-corrected chi connectivity index (χ2v) is 7.25. The highest BCUT2D eigenvalue weighted by atomic mass is 35.5. The third-order valence-electron chi connectivity index (χ3n) is 4.13. The summed E-state index contributed by atoms with van der Waals surface area (Å²) in [5, 5.41) is 6.54. The summed E-state index contributed by atoms with van der Waals surface area (Å²) >= 11 is 7.70. The molecule has 1 amide bonds. The Morgan fingerprint density at radius 3 is 2.60 bits per heavy atom. The van der Waals surface area contributed by atoms with Crippen LogP contribution in [0.2, 0.25) is 5.02 Å². The van der Waals surface area contributed by atoms with Gasteiger partial charge in [0.15, 0.2) is 0 Å². The predicted octanol–water partition coefficient (Wildman–Crippen LogP) is 4.24. The number of nitrogens with one attached hydrogen (secondary N) is 1. The molecule has 2 aromatic rings. The molecule has 0 radical (unpaired) electrons. The van der Waals surface area contributed by atoms with Crippen LogP contribution >= 0.6 is 47.8 Å². The van der Waals surface area contributed by atoms with Crippen molar-refractivity contribution in [1.82, 2.24) is 10.3 Å². The lowest BCUT2D eigenvalue weighted by Gasteiger charge is -2.26. The fourth-order valence-electron chi connectivity index (χ4n) is 2.85. The third kappa shape index (κ3) is 6.12. The fourth-order valence-corrected chi connectivity index (χ4v) is 3.99. The van der Waals surface area contributed by atoms with Gasteiger partial charge in [-0.25, -0.2) is 4.98 Å². The molecule has 0 saturated heterocycles. The fraction of sp³-hybridized carbons (Fsp3) is 0.412. The molecule has 0 aliphatic heterocycles. The molecule has 1 aromatic heterocycles. The lowest BCUT2D eigenvalue weighted by molar-refractivity contribution is -0.121. The van der Waals surface area contributed by atoms with Gasteiger partial charge < -0.3 is 11.1 Å². The monoisotopic (exact) mass is 421 g/mol. The highest BCUT2D eigenvalue weighted by molar-refractivity contribution is 7.13. The molecule has 0 spiro atoms. The van der Waals surface area contributed by atoms with Crippen LogP contribution in [0.3, 0.4) is 0 Å². The molecule has 138 valence electrons. The van der Waals surface area contributed by atoms with Gasteiger partial charge in [0.05, 0.1) is 17.1 Å². The molecule has 1 aliphatic rings. The van der Waals surface area contributed by atoms with Crippen molar-refractivity contribution in [2.24, 2.45) is 5.73 Å². The van der Waals surface area contributed by atoms with E-state index in [4.69, 9.17) is 17.3 Å². The van der Waals surface area contributed by atoms with E-state index >= 15 is 0 Å². The molecule has 1 fully saturated rings. The van der Waals surface area contributed by atoms with E-state index in [0.717, 1.165) is 41.9 Å². The van der Waals surface area contributed by atoms with E-state index in [9.17, 15) is 4.79 Å². The first-order valence-electron chi connectivity index (χ1n) is 7.86. The minimum absolute atomic E-state index is 0. The zero-order chi connectivity index (χ0) is 16.2. The Bertz CT molecular complexity index is 687. The molecule has 1 aliphatic carbocycles. The molecule has 0 atom stereocenters.